The molecule has 1 N–H and O–H groups in total. The minimum absolute atomic E-state index is 0.0469. The average molecular weight is 358 g/mol. The van der Waals surface area contributed by atoms with E-state index < -0.39 is 10.0 Å². The highest BCUT2D eigenvalue weighted by Gasteiger charge is 2.18. The van der Waals surface area contributed by atoms with E-state index in [1.165, 1.54) is 11.4 Å². The van der Waals surface area contributed by atoms with Crippen molar-refractivity contribution in [2.24, 2.45) is 0 Å². The number of benzene rings is 1. The second kappa shape index (κ2) is 8.32. The third kappa shape index (κ3) is 5.36. The molecule has 0 aromatic heterocycles. The Bertz CT molecular complexity index is 677. The monoisotopic (exact) mass is 358 g/mol. The van der Waals surface area contributed by atoms with E-state index in [-0.39, 0.29) is 32.0 Å². The second-order valence-electron chi connectivity index (χ2n) is 5.31. The first-order valence-electron chi connectivity index (χ1n) is 7.53. The van der Waals surface area contributed by atoms with Gasteiger partial charge in [0.15, 0.2) is 11.5 Å². The van der Waals surface area contributed by atoms with Crippen LogP contribution in [0, 0.1) is 0 Å². The van der Waals surface area contributed by atoms with Crippen LogP contribution in [0.5, 0.6) is 11.5 Å². The van der Waals surface area contributed by atoms with E-state index in [0.717, 1.165) is 6.26 Å². The van der Waals surface area contributed by atoms with Gasteiger partial charge in [-0.2, -0.15) is 4.31 Å². The lowest BCUT2D eigenvalue weighted by molar-refractivity contribution is -0.116. The number of hydrogen-bond donors (Lipinski definition) is 1. The Hall–Kier alpha value is -1.84. The van der Waals surface area contributed by atoms with Crippen molar-refractivity contribution in [1.29, 1.82) is 0 Å². The molecule has 8 nitrogen and oxygen atoms in total. The summed E-state index contributed by atoms with van der Waals surface area (Å²) in [7, 11) is -1.89. The van der Waals surface area contributed by atoms with Crippen molar-refractivity contribution >= 4 is 21.6 Å². The summed E-state index contributed by atoms with van der Waals surface area (Å²) >= 11 is 0. The van der Waals surface area contributed by atoms with Crippen molar-refractivity contribution in [3.05, 3.63) is 18.2 Å². The van der Waals surface area contributed by atoms with E-state index >= 15 is 0 Å². The predicted molar refractivity (Wildman–Crippen MR) is 89.0 cm³/mol. The van der Waals surface area contributed by atoms with Crippen LogP contribution in [0.15, 0.2) is 18.2 Å². The highest BCUT2D eigenvalue weighted by atomic mass is 32.2. The molecule has 24 heavy (non-hydrogen) atoms. The highest BCUT2D eigenvalue weighted by molar-refractivity contribution is 7.88. The van der Waals surface area contributed by atoms with Crippen LogP contribution in [0.1, 0.15) is 6.42 Å². The zero-order valence-corrected chi connectivity index (χ0v) is 14.6. The Morgan fingerprint density at radius 1 is 1.25 bits per heavy atom. The summed E-state index contributed by atoms with van der Waals surface area (Å²) < 4.78 is 40.3. The predicted octanol–water partition coefficient (Wildman–Crippen LogP) is 0.694. The van der Waals surface area contributed by atoms with Gasteiger partial charge in [-0.25, -0.2) is 8.42 Å². The van der Waals surface area contributed by atoms with Gasteiger partial charge in [0.05, 0.1) is 12.9 Å². The number of ether oxygens (including phenoxy) is 3. The molecule has 9 heteroatoms. The van der Waals surface area contributed by atoms with Crippen LogP contribution in [0.2, 0.25) is 0 Å². The standard InChI is InChI=1S/C15H22N2O6S/c1-21-8-7-17(24(2,19)20)6-5-15(18)16-12-3-4-13-14(11-12)23-10-9-22-13/h3-4,11H,5-10H2,1-2H3,(H,16,18). The minimum atomic E-state index is -3.38. The summed E-state index contributed by atoms with van der Waals surface area (Å²) in [6.45, 7) is 1.55. The van der Waals surface area contributed by atoms with E-state index in [4.69, 9.17) is 14.2 Å². The Kier molecular flexibility index (Phi) is 6.41. The molecule has 0 saturated heterocycles. The largest absolute Gasteiger partial charge is 0.486 e. The van der Waals surface area contributed by atoms with E-state index in [9.17, 15) is 13.2 Å². The van der Waals surface area contributed by atoms with Crippen LogP contribution in [0.25, 0.3) is 0 Å². The molecule has 0 fully saturated rings. The van der Waals surface area contributed by atoms with Crippen molar-refractivity contribution < 1.29 is 27.4 Å². The lowest BCUT2D eigenvalue weighted by Crippen LogP contribution is -2.35. The molecule has 1 aliphatic rings. The molecule has 1 aromatic carbocycles. The van der Waals surface area contributed by atoms with Crippen molar-refractivity contribution in [3.8, 4) is 11.5 Å². The van der Waals surface area contributed by atoms with Gasteiger partial charge in [-0.15, -0.1) is 0 Å². The molecule has 1 amide bonds. The SMILES string of the molecule is COCCN(CCC(=O)Nc1ccc2c(c1)OCCO2)S(C)(=O)=O. The van der Waals surface area contributed by atoms with Crippen LogP contribution in [-0.4, -0.2) is 64.9 Å². The maximum atomic E-state index is 12.0. The van der Waals surface area contributed by atoms with Gasteiger partial charge in [0.1, 0.15) is 13.2 Å². The zero-order chi connectivity index (χ0) is 17.6. The average Bonchev–Trinajstić information content (AvgIpc) is 2.53. The Morgan fingerprint density at radius 3 is 2.62 bits per heavy atom. The number of carbonyl (C=O) groups excluding carboxylic acids is 1. The molecule has 0 radical (unpaired) electrons. The summed E-state index contributed by atoms with van der Waals surface area (Å²) in [4.78, 5) is 12.0. The first-order valence-corrected chi connectivity index (χ1v) is 9.38. The number of methoxy groups -OCH3 is 1. The fourth-order valence-corrected chi connectivity index (χ4v) is 3.04. The molecule has 1 heterocycles. The highest BCUT2D eigenvalue weighted by Crippen LogP contribution is 2.32. The van der Waals surface area contributed by atoms with Gasteiger partial charge >= 0.3 is 0 Å². The van der Waals surface area contributed by atoms with E-state index in [1.54, 1.807) is 18.2 Å². The van der Waals surface area contributed by atoms with Gasteiger partial charge in [-0.3, -0.25) is 4.79 Å². The summed E-state index contributed by atoms with van der Waals surface area (Å²) in [5, 5.41) is 2.73. The number of anilines is 1. The van der Waals surface area contributed by atoms with Crippen molar-refractivity contribution in [2.45, 2.75) is 6.42 Å². The van der Waals surface area contributed by atoms with E-state index in [1.807, 2.05) is 0 Å². The summed E-state index contributed by atoms with van der Waals surface area (Å²) in [6, 6.07) is 5.13. The number of carbonyl (C=O) groups is 1. The van der Waals surface area contributed by atoms with Crippen molar-refractivity contribution in [1.82, 2.24) is 4.31 Å². The van der Waals surface area contributed by atoms with Crippen LogP contribution in [0.3, 0.4) is 0 Å². The lowest BCUT2D eigenvalue weighted by Gasteiger charge is -2.20. The molecule has 0 atom stereocenters. The maximum absolute atomic E-state index is 12.0. The molecule has 2 rings (SSSR count). The molecule has 0 saturated carbocycles. The van der Waals surface area contributed by atoms with Gasteiger partial charge in [0, 0.05) is 38.4 Å². The minimum Gasteiger partial charge on any atom is -0.486 e. The van der Waals surface area contributed by atoms with Crippen molar-refractivity contribution in [3.63, 3.8) is 0 Å². The second-order valence-corrected chi connectivity index (χ2v) is 7.29. The quantitative estimate of drug-likeness (QED) is 0.735. The van der Waals surface area contributed by atoms with Crippen molar-refractivity contribution in [2.75, 3.05) is 51.6 Å². The summed E-state index contributed by atoms with van der Waals surface area (Å²) in [5.41, 5.74) is 0.576. The fraction of sp³-hybridized carbons (Fsp3) is 0.533. The smallest absolute Gasteiger partial charge is 0.225 e. The van der Waals surface area contributed by atoms with Gasteiger partial charge in [-0.05, 0) is 12.1 Å². The zero-order valence-electron chi connectivity index (χ0n) is 13.8. The van der Waals surface area contributed by atoms with E-state index in [0.29, 0.717) is 30.4 Å². The van der Waals surface area contributed by atoms with Gasteiger partial charge < -0.3 is 19.5 Å². The molecular weight excluding hydrogens is 336 g/mol. The number of nitrogens with one attached hydrogen (secondary N) is 1. The Balaban J connectivity index is 1.90. The van der Waals surface area contributed by atoms with Crippen LogP contribution in [-0.2, 0) is 19.6 Å². The summed E-state index contributed by atoms with van der Waals surface area (Å²) in [6.07, 6.45) is 1.16. The molecule has 1 aromatic rings. The number of hydrogen-bond acceptors (Lipinski definition) is 6. The van der Waals surface area contributed by atoms with Crippen LogP contribution in [0.4, 0.5) is 5.69 Å². The lowest BCUT2D eigenvalue weighted by atomic mass is 10.2. The number of amides is 1. The number of rotatable bonds is 8. The first kappa shape index (κ1) is 18.5. The molecule has 0 bridgehead atoms. The van der Waals surface area contributed by atoms with Gasteiger partial charge in [-0.1, -0.05) is 0 Å². The molecule has 134 valence electrons. The van der Waals surface area contributed by atoms with E-state index in [2.05, 4.69) is 5.32 Å². The van der Waals surface area contributed by atoms with Gasteiger partial charge in [0.25, 0.3) is 0 Å². The third-order valence-electron chi connectivity index (χ3n) is 3.43. The Labute approximate surface area is 141 Å². The molecular formula is C15H22N2O6S. The fourth-order valence-electron chi connectivity index (χ4n) is 2.21. The maximum Gasteiger partial charge on any atom is 0.225 e. The third-order valence-corrected chi connectivity index (χ3v) is 4.73. The topological polar surface area (TPSA) is 94.2 Å². The number of sulfonamides is 1. The van der Waals surface area contributed by atoms with Crippen LogP contribution < -0.4 is 14.8 Å². The molecule has 1 aliphatic heterocycles. The molecule has 0 spiro atoms. The van der Waals surface area contributed by atoms with Crippen LogP contribution >= 0.6 is 0 Å². The Morgan fingerprint density at radius 2 is 1.96 bits per heavy atom. The first-order chi connectivity index (χ1) is 11.4. The number of nitrogens with zero attached hydrogens (tertiary/aromatic N) is 1. The number of fused-ring (bicyclic) bond motifs is 1. The molecule has 0 aliphatic carbocycles. The molecule has 0 unspecified atom stereocenters. The summed E-state index contributed by atoms with van der Waals surface area (Å²) in [5.74, 6) is 0.941. The normalized spacial score (nSPS) is 13.8. The van der Waals surface area contributed by atoms with Gasteiger partial charge in [0.2, 0.25) is 15.9 Å².